The molecule has 0 saturated heterocycles. The molecule has 0 spiro atoms. The van der Waals surface area contributed by atoms with E-state index < -0.39 is 38.1 Å². The number of likely N-dealkylation sites (N-methyl/N-ethyl adjacent to an activating group) is 1. The van der Waals surface area contributed by atoms with E-state index in [1.54, 1.807) is 43.3 Å². The van der Waals surface area contributed by atoms with Crippen LogP contribution in [0.2, 0.25) is 0 Å². The van der Waals surface area contributed by atoms with Crippen molar-refractivity contribution in [3.63, 3.8) is 0 Å². The summed E-state index contributed by atoms with van der Waals surface area (Å²) in [6, 6.07) is 16.8. The Kier molecular flexibility index (Phi) is 9.31. The van der Waals surface area contributed by atoms with Crippen LogP contribution >= 0.6 is 0 Å². The molecule has 0 unspecified atom stereocenters. The number of ether oxygens (including phenoxy) is 1. The Morgan fingerprint density at radius 2 is 1.55 bits per heavy atom. The molecule has 1 aliphatic rings. The van der Waals surface area contributed by atoms with Gasteiger partial charge in [-0.25, -0.2) is 16.8 Å². The van der Waals surface area contributed by atoms with Gasteiger partial charge in [0.05, 0.1) is 34.5 Å². The van der Waals surface area contributed by atoms with Gasteiger partial charge in [-0.15, -0.1) is 0 Å². The standard InChI is InChI=1S/C30H37N3O7S2/c1-20-6-11-25(12-7-20)41(36,37)31-24-10-15-28-27(16-24)30(35)33(23(4)19-34)17-22(3)29(40-28)18-32(5)42(38,39)26-13-8-21(2)9-14-26/h6-16,22-23,29,31,34H,17-19H2,1-5H3/t22-,23-,29-/m1/s1. The molecule has 3 atom stereocenters. The summed E-state index contributed by atoms with van der Waals surface area (Å²) < 4.78 is 62.7. The van der Waals surface area contributed by atoms with Gasteiger partial charge >= 0.3 is 0 Å². The van der Waals surface area contributed by atoms with Crippen molar-refractivity contribution < 1.29 is 31.5 Å². The van der Waals surface area contributed by atoms with Crippen molar-refractivity contribution in [2.45, 2.75) is 49.6 Å². The number of aliphatic hydroxyl groups excluding tert-OH is 1. The number of fused-ring (bicyclic) bond motifs is 1. The molecule has 1 aliphatic heterocycles. The molecular formula is C30H37N3O7S2. The first kappa shape index (κ1) is 31.5. The number of rotatable bonds is 9. The van der Waals surface area contributed by atoms with E-state index in [2.05, 4.69) is 4.72 Å². The van der Waals surface area contributed by atoms with Gasteiger partial charge in [0.1, 0.15) is 11.9 Å². The zero-order valence-electron chi connectivity index (χ0n) is 24.3. The lowest BCUT2D eigenvalue weighted by Gasteiger charge is -2.38. The fourth-order valence-electron chi connectivity index (χ4n) is 4.68. The van der Waals surface area contributed by atoms with Crippen LogP contribution in [-0.4, -0.2) is 75.9 Å². The maximum Gasteiger partial charge on any atom is 0.261 e. The molecule has 10 nitrogen and oxygen atoms in total. The molecule has 1 amide bonds. The topological polar surface area (TPSA) is 133 Å². The van der Waals surface area contributed by atoms with Gasteiger partial charge in [-0.2, -0.15) is 4.31 Å². The molecule has 4 rings (SSSR count). The number of anilines is 1. The first-order chi connectivity index (χ1) is 19.7. The molecule has 0 aromatic heterocycles. The van der Waals surface area contributed by atoms with Gasteiger partial charge in [0.25, 0.3) is 15.9 Å². The molecule has 226 valence electrons. The number of nitrogens with zero attached hydrogens (tertiary/aromatic N) is 2. The zero-order chi connectivity index (χ0) is 30.8. The van der Waals surface area contributed by atoms with Crippen LogP contribution in [0.4, 0.5) is 5.69 Å². The van der Waals surface area contributed by atoms with Crippen LogP contribution < -0.4 is 9.46 Å². The van der Waals surface area contributed by atoms with Crippen LogP contribution in [0.5, 0.6) is 5.75 Å². The van der Waals surface area contributed by atoms with Gasteiger partial charge in [0.15, 0.2) is 0 Å². The largest absolute Gasteiger partial charge is 0.488 e. The molecule has 2 N–H and O–H groups in total. The van der Waals surface area contributed by atoms with Crippen LogP contribution in [0.1, 0.15) is 35.3 Å². The second kappa shape index (κ2) is 12.4. The highest BCUT2D eigenvalue weighted by molar-refractivity contribution is 7.92. The van der Waals surface area contributed by atoms with Crippen LogP contribution in [0.15, 0.2) is 76.5 Å². The fourth-order valence-corrected chi connectivity index (χ4v) is 6.91. The van der Waals surface area contributed by atoms with Crippen molar-refractivity contribution in [3.05, 3.63) is 83.4 Å². The number of sulfonamides is 2. The summed E-state index contributed by atoms with van der Waals surface area (Å²) in [5.41, 5.74) is 2.11. The summed E-state index contributed by atoms with van der Waals surface area (Å²) in [4.78, 5) is 15.5. The zero-order valence-corrected chi connectivity index (χ0v) is 25.9. The monoisotopic (exact) mass is 615 g/mol. The van der Waals surface area contributed by atoms with E-state index in [0.717, 1.165) is 11.1 Å². The summed E-state index contributed by atoms with van der Waals surface area (Å²) in [6.07, 6.45) is -0.662. The third-order valence-electron chi connectivity index (χ3n) is 7.41. The minimum Gasteiger partial charge on any atom is -0.488 e. The van der Waals surface area contributed by atoms with E-state index in [9.17, 15) is 26.7 Å². The highest BCUT2D eigenvalue weighted by Crippen LogP contribution is 2.32. The number of nitrogens with one attached hydrogen (secondary N) is 1. The van der Waals surface area contributed by atoms with E-state index >= 15 is 0 Å². The maximum absolute atomic E-state index is 13.7. The Morgan fingerprint density at radius 1 is 0.976 bits per heavy atom. The second-order valence-electron chi connectivity index (χ2n) is 10.9. The van der Waals surface area contributed by atoms with Crippen LogP contribution in [0.25, 0.3) is 0 Å². The first-order valence-electron chi connectivity index (χ1n) is 13.6. The molecule has 12 heteroatoms. The lowest BCUT2D eigenvalue weighted by Crippen LogP contribution is -2.50. The second-order valence-corrected chi connectivity index (χ2v) is 14.6. The van der Waals surface area contributed by atoms with E-state index in [-0.39, 0.29) is 52.4 Å². The Hall–Kier alpha value is -3.45. The van der Waals surface area contributed by atoms with Gasteiger partial charge in [0, 0.05) is 25.2 Å². The molecule has 42 heavy (non-hydrogen) atoms. The molecule has 1 heterocycles. The van der Waals surface area contributed by atoms with Crippen molar-refractivity contribution in [3.8, 4) is 5.75 Å². The number of amides is 1. The number of hydrogen-bond donors (Lipinski definition) is 2. The van der Waals surface area contributed by atoms with Gasteiger partial charge < -0.3 is 14.7 Å². The SMILES string of the molecule is Cc1ccc(S(=O)(=O)Nc2ccc3c(c2)C(=O)N([C@H](C)CO)C[C@@H](C)[C@@H](CN(C)S(=O)(=O)c2ccc(C)cc2)O3)cc1. The molecule has 0 saturated carbocycles. The van der Waals surface area contributed by atoms with Crippen LogP contribution in [-0.2, 0) is 20.0 Å². The predicted octanol–water partition coefficient (Wildman–Crippen LogP) is 3.65. The number of aryl methyl sites for hydroxylation is 2. The average molecular weight is 616 g/mol. The van der Waals surface area contributed by atoms with Gasteiger partial charge in [-0.1, -0.05) is 42.3 Å². The number of hydrogen-bond acceptors (Lipinski definition) is 7. The highest BCUT2D eigenvalue weighted by Gasteiger charge is 2.35. The van der Waals surface area contributed by atoms with Crippen molar-refractivity contribution in [2.75, 3.05) is 31.5 Å². The van der Waals surface area contributed by atoms with Crippen molar-refractivity contribution >= 4 is 31.6 Å². The van der Waals surface area contributed by atoms with E-state index in [4.69, 9.17) is 4.74 Å². The summed E-state index contributed by atoms with van der Waals surface area (Å²) in [7, 11) is -6.28. The van der Waals surface area contributed by atoms with E-state index in [1.165, 1.54) is 46.6 Å². The van der Waals surface area contributed by atoms with Crippen molar-refractivity contribution in [2.24, 2.45) is 5.92 Å². The van der Waals surface area contributed by atoms with Gasteiger partial charge in [0.2, 0.25) is 10.0 Å². The number of aliphatic hydroxyl groups is 1. The molecule has 3 aromatic carbocycles. The number of carbonyl (C=O) groups is 1. The van der Waals surface area contributed by atoms with Gasteiger partial charge in [-0.05, 0) is 63.2 Å². The quantitative estimate of drug-likeness (QED) is 0.376. The third-order valence-corrected chi connectivity index (χ3v) is 10.6. The summed E-state index contributed by atoms with van der Waals surface area (Å²) in [5, 5.41) is 9.91. The number of carbonyl (C=O) groups excluding carboxylic acids is 1. The van der Waals surface area contributed by atoms with Gasteiger partial charge in [-0.3, -0.25) is 9.52 Å². The summed E-state index contributed by atoms with van der Waals surface area (Å²) >= 11 is 0. The molecule has 0 radical (unpaired) electrons. The molecular weight excluding hydrogens is 578 g/mol. The van der Waals surface area contributed by atoms with Crippen LogP contribution in [0.3, 0.4) is 0 Å². The van der Waals surface area contributed by atoms with Crippen LogP contribution in [0, 0.1) is 19.8 Å². The van der Waals surface area contributed by atoms with Crippen molar-refractivity contribution in [1.29, 1.82) is 0 Å². The highest BCUT2D eigenvalue weighted by atomic mass is 32.2. The normalized spacial score (nSPS) is 18.5. The Morgan fingerprint density at radius 3 is 2.12 bits per heavy atom. The van der Waals surface area contributed by atoms with E-state index in [1.807, 2.05) is 20.8 Å². The van der Waals surface area contributed by atoms with E-state index in [0.29, 0.717) is 0 Å². The number of benzene rings is 3. The molecule has 0 fully saturated rings. The average Bonchev–Trinajstić information content (AvgIpc) is 2.95. The summed E-state index contributed by atoms with van der Waals surface area (Å²) in [5.74, 6) is -0.563. The maximum atomic E-state index is 13.7. The Balaban J connectivity index is 1.68. The summed E-state index contributed by atoms with van der Waals surface area (Å²) in [6.45, 7) is 7.18. The lowest BCUT2D eigenvalue weighted by atomic mass is 9.99. The minimum absolute atomic E-state index is 0.00580. The molecule has 0 bridgehead atoms. The minimum atomic E-state index is -3.93. The fraction of sp³-hybridized carbons (Fsp3) is 0.367. The lowest BCUT2D eigenvalue weighted by molar-refractivity contribution is 0.0387. The smallest absolute Gasteiger partial charge is 0.261 e. The Labute approximate surface area is 248 Å². The third kappa shape index (κ3) is 6.78. The Bertz CT molecular complexity index is 1640. The molecule has 3 aromatic rings. The molecule has 0 aliphatic carbocycles. The van der Waals surface area contributed by atoms with Crippen molar-refractivity contribution in [1.82, 2.24) is 9.21 Å². The first-order valence-corrected chi connectivity index (χ1v) is 16.5. The predicted molar refractivity (Wildman–Crippen MR) is 161 cm³/mol.